The van der Waals surface area contributed by atoms with Crippen molar-refractivity contribution in [3.8, 4) is 0 Å². The molecular weight excluding hydrogens is 438 g/mol. The fraction of sp³-hybridized carbons (Fsp3) is 0.320. The van der Waals surface area contributed by atoms with Crippen molar-refractivity contribution in [2.45, 2.75) is 30.9 Å². The highest BCUT2D eigenvalue weighted by Gasteiger charge is 2.23. The topological polar surface area (TPSA) is 53.5 Å². The van der Waals surface area contributed by atoms with E-state index in [0.29, 0.717) is 37.3 Å². The lowest BCUT2D eigenvalue weighted by Crippen LogP contribution is -2.37. The zero-order valence-corrected chi connectivity index (χ0v) is 20.0. The molecule has 4 rings (SSSR count). The van der Waals surface area contributed by atoms with E-state index < -0.39 is 0 Å². The van der Waals surface area contributed by atoms with E-state index in [2.05, 4.69) is 10.4 Å². The summed E-state index contributed by atoms with van der Waals surface area (Å²) in [5.41, 5.74) is 3.57. The van der Waals surface area contributed by atoms with Gasteiger partial charge in [0.05, 0.1) is 10.7 Å². The van der Waals surface area contributed by atoms with Gasteiger partial charge in [0.15, 0.2) is 0 Å². The summed E-state index contributed by atoms with van der Waals surface area (Å²) in [4.78, 5) is 35.3. The van der Waals surface area contributed by atoms with Crippen LogP contribution in [0.15, 0.2) is 58.8 Å². The average Bonchev–Trinajstić information content (AvgIpc) is 3.07. The van der Waals surface area contributed by atoms with Gasteiger partial charge in [-0.05, 0) is 56.7 Å². The molecule has 32 heavy (non-hydrogen) atoms. The number of hydrogen-bond donors (Lipinski definition) is 0. The Morgan fingerprint density at radius 2 is 1.62 bits per heavy atom. The van der Waals surface area contributed by atoms with Crippen LogP contribution in [-0.4, -0.2) is 52.8 Å². The van der Waals surface area contributed by atoms with Crippen molar-refractivity contribution in [3.63, 3.8) is 0 Å². The van der Waals surface area contributed by atoms with E-state index in [-0.39, 0.29) is 11.8 Å². The summed E-state index contributed by atoms with van der Waals surface area (Å²) in [6.45, 7) is 6.44. The van der Waals surface area contributed by atoms with Gasteiger partial charge in [-0.15, -0.1) is 23.1 Å². The summed E-state index contributed by atoms with van der Waals surface area (Å²) in [7, 11) is 0. The van der Waals surface area contributed by atoms with Gasteiger partial charge >= 0.3 is 0 Å². The molecule has 1 aliphatic heterocycles. The summed E-state index contributed by atoms with van der Waals surface area (Å²) >= 11 is 3.39. The number of nitrogens with zero attached hydrogens (tertiary/aromatic N) is 3. The molecule has 0 spiro atoms. The standard InChI is InChI=1S/C25H27N3O2S2/c1-18-5-3-6-21(15-18)25(30)28-12-4-11-27(13-14-28)24(29)20-7-9-23(10-8-20)32-17-22-16-31-19(2)26-22/h3,5-10,15-16H,4,11-14,17H2,1-2H3. The maximum atomic E-state index is 13.0. The Bertz CT molecular complexity index is 1090. The fourth-order valence-electron chi connectivity index (χ4n) is 3.79. The van der Waals surface area contributed by atoms with Gasteiger partial charge in [-0.1, -0.05) is 17.7 Å². The lowest BCUT2D eigenvalue weighted by atomic mass is 10.1. The Kier molecular flexibility index (Phi) is 7.27. The largest absolute Gasteiger partial charge is 0.337 e. The van der Waals surface area contributed by atoms with E-state index in [1.54, 1.807) is 23.1 Å². The summed E-state index contributed by atoms with van der Waals surface area (Å²) in [6.07, 6.45) is 0.782. The SMILES string of the molecule is Cc1cccc(C(=O)N2CCCN(C(=O)c3ccc(SCc4csc(C)n4)cc3)CC2)c1. The van der Waals surface area contributed by atoms with E-state index in [4.69, 9.17) is 0 Å². The molecule has 2 aromatic carbocycles. The minimum absolute atomic E-state index is 0.0292. The molecule has 2 amide bonds. The molecule has 0 radical (unpaired) electrons. The molecule has 2 heterocycles. The Hall–Kier alpha value is -2.64. The smallest absolute Gasteiger partial charge is 0.253 e. The number of thiazole rings is 1. The maximum absolute atomic E-state index is 13.0. The summed E-state index contributed by atoms with van der Waals surface area (Å²) in [5.74, 6) is 0.899. The lowest BCUT2D eigenvalue weighted by Gasteiger charge is -2.22. The van der Waals surface area contributed by atoms with Gasteiger partial charge in [-0.25, -0.2) is 4.98 Å². The minimum atomic E-state index is 0.0292. The molecule has 0 N–H and O–H groups in total. The third-order valence-corrected chi connectivity index (χ3v) is 7.36. The van der Waals surface area contributed by atoms with E-state index in [1.165, 1.54) is 0 Å². The van der Waals surface area contributed by atoms with Gasteiger partial charge in [0.1, 0.15) is 0 Å². The molecular formula is C25H27N3O2S2. The van der Waals surface area contributed by atoms with Gasteiger partial charge in [0, 0.05) is 53.3 Å². The van der Waals surface area contributed by atoms with Gasteiger partial charge in [-0.2, -0.15) is 0 Å². The number of thioether (sulfide) groups is 1. The van der Waals surface area contributed by atoms with Crippen LogP contribution in [0.5, 0.6) is 0 Å². The van der Waals surface area contributed by atoms with E-state index >= 15 is 0 Å². The van der Waals surface area contributed by atoms with Crippen molar-refractivity contribution in [3.05, 3.63) is 81.3 Å². The van der Waals surface area contributed by atoms with Crippen LogP contribution in [0.4, 0.5) is 0 Å². The van der Waals surface area contributed by atoms with Crippen molar-refractivity contribution in [2.24, 2.45) is 0 Å². The molecule has 0 unspecified atom stereocenters. The zero-order valence-electron chi connectivity index (χ0n) is 18.4. The highest BCUT2D eigenvalue weighted by Crippen LogP contribution is 2.24. The van der Waals surface area contributed by atoms with Crippen LogP contribution >= 0.6 is 23.1 Å². The first kappa shape index (κ1) is 22.6. The molecule has 5 nitrogen and oxygen atoms in total. The van der Waals surface area contributed by atoms with E-state index in [0.717, 1.165) is 33.3 Å². The van der Waals surface area contributed by atoms with E-state index in [1.807, 2.05) is 72.2 Å². The van der Waals surface area contributed by atoms with Crippen molar-refractivity contribution < 1.29 is 9.59 Å². The Morgan fingerprint density at radius 1 is 0.938 bits per heavy atom. The molecule has 1 aromatic heterocycles. The number of aromatic nitrogens is 1. The zero-order chi connectivity index (χ0) is 22.5. The number of carbonyl (C=O) groups is 2. The summed E-state index contributed by atoms with van der Waals surface area (Å²) in [5, 5.41) is 3.17. The molecule has 166 valence electrons. The first-order valence-corrected chi connectivity index (χ1v) is 12.7. The molecule has 3 aromatic rings. The number of carbonyl (C=O) groups excluding carboxylic acids is 2. The number of rotatable bonds is 5. The molecule has 1 saturated heterocycles. The van der Waals surface area contributed by atoms with Crippen LogP contribution in [0, 0.1) is 13.8 Å². The van der Waals surface area contributed by atoms with Crippen LogP contribution in [-0.2, 0) is 5.75 Å². The quantitative estimate of drug-likeness (QED) is 0.496. The van der Waals surface area contributed by atoms with Crippen LogP contribution < -0.4 is 0 Å². The van der Waals surface area contributed by atoms with Gasteiger partial charge in [-0.3, -0.25) is 9.59 Å². The molecule has 0 bridgehead atoms. The Labute approximate surface area is 197 Å². The van der Waals surface area contributed by atoms with Crippen LogP contribution in [0.25, 0.3) is 0 Å². The monoisotopic (exact) mass is 465 g/mol. The van der Waals surface area contributed by atoms with Crippen LogP contribution in [0.1, 0.15) is 43.4 Å². The van der Waals surface area contributed by atoms with Crippen LogP contribution in [0.2, 0.25) is 0 Å². The predicted octanol–water partition coefficient (Wildman–Crippen LogP) is 5.04. The third kappa shape index (κ3) is 5.58. The van der Waals surface area contributed by atoms with Crippen LogP contribution in [0.3, 0.4) is 0 Å². The summed E-state index contributed by atoms with van der Waals surface area (Å²) < 4.78 is 0. The number of aryl methyl sites for hydroxylation is 2. The van der Waals surface area contributed by atoms with Crippen molar-refractivity contribution in [2.75, 3.05) is 26.2 Å². The Balaban J connectivity index is 1.33. The van der Waals surface area contributed by atoms with Crippen molar-refractivity contribution in [1.29, 1.82) is 0 Å². The van der Waals surface area contributed by atoms with Gasteiger partial charge in [0.25, 0.3) is 11.8 Å². The number of amides is 2. The molecule has 0 atom stereocenters. The first-order valence-electron chi connectivity index (χ1n) is 10.8. The highest BCUT2D eigenvalue weighted by atomic mass is 32.2. The lowest BCUT2D eigenvalue weighted by molar-refractivity contribution is 0.0718. The molecule has 0 aliphatic carbocycles. The first-order chi connectivity index (χ1) is 15.5. The Morgan fingerprint density at radius 3 is 2.25 bits per heavy atom. The molecule has 0 saturated carbocycles. The van der Waals surface area contributed by atoms with Crippen molar-refractivity contribution >= 4 is 34.9 Å². The molecule has 7 heteroatoms. The molecule has 1 aliphatic rings. The highest BCUT2D eigenvalue weighted by molar-refractivity contribution is 7.98. The third-order valence-electron chi connectivity index (χ3n) is 5.49. The fourth-order valence-corrected chi connectivity index (χ4v) is 5.30. The summed E-state index contributed by atoms with van der Waals surface area (Å²) in [6, 6.07) is 15.5. The van der Waals surface area contributed by atoms with E-state index in [9.17, 15) is 9.59 Å². The normalized spacial score (nSPS) is 14.3. The van der Waals surface area contributed by atoms with Gasteiger partial charge < -0.3 is 9.80 Å². The second kappa shape index (κ2) is 10.3. The second-order valence-corrected chi connectivity index (χ2v) is 10.1. The maximum Gasteiger partial charge on any atom is 0.253 e. The average molecular weight is 466 g/mol. The predicted molar refractivity (Wildman–Crippen MR) is 130 cm³/mol. The number of hydrogen-bond acceptors (Lipinski definition) is 5. The van der Waals surface area contributed by atoms with Crippen molar-refractivity contribution in [1.82, 2.24) is 14.8 Å². The second-order valence-electron chi connectivity index (χ2n) is 7.98. The molecule has 1 fully saturated rings. The van der Waals surface area contributed by atoms with Gasteiger partial charge in [0.2, 0.25) is 0 Å². The number of benzene rings is 2. The minimum Gasteiger partial charge on any atom is -0.337 e.